The maximum absolute atomic E-state index is 12.4. The van der Waals surface area contributed by atoms with Gasteiger partial charge in [-0.2, -0.15) is 0 Å². The smallest absolute Gasteiger partial charge is 0.326 e. The Kier molecular flexibility index (Phi) is 5.62. The maximum Gasteiger partial charge on any atom is 0.326 e. The second-order valence-corrected chi connectivity index (χ2v) is 8.40. The van der Waals surface area contributed by atoms with Crippen molar-refractivity contribution in [1.82, 2.24) is 15.5 Å². The van der Waals surface area contributed by atoms with Crippen molar-refractivity contribution in [3.63, 3.8) is 0 Å². The van der Waals surface area contributed by atoms with Crippen molar-refractivity contribution in [2.45, 2.75) is 68.1 Å². The molecule has 1 heterocycles. The summed E-state index contributed by atoms with van der Waals surface area (Å²) in [6.07, 6.45) is 2.59. The van der Waals surface area contributed by atoms with E-state index >= 15 is 0 Å². The van der Waals surface area contributed by atoms with Crippen LogP contribution >= 0.6 is 23.1 Å². The highest BCUT2D eigenvalue weighted by molar-refractivity contribution is 8.01. The van der Waals surface area contributed by atoms with Gasteiger partial charge in [0.25, 0.3) is 0 Å². The van der Waals surface area contributed by atoms with Crippen LogP contribution in [0.4, 0.5) is 0 Å². The number of ether oxygens (including phenoxy) is 1. The number of carbonyl (C=O) groups is 1. The molecule has 1 N–H and O–H groups in total. The molecule has 1 aromatic rings. The second-order valence-electron chi connectivity index (χ2n) is 5.67. The van der Waals surface area contributed by atoms with Gasteiger partial charge >= 0.3 is 5.97 Å². The Labute approximate surface area is 134 Å². The van der Waals surface area contributed by atoms with Gasteiger partial charge in [-0.1, -0.05) is 23.1 Å². The molecule has 1 aromatic heterocycles. The lowest BCUT2D eigenvalue weighted by molar-refractivity contribution is -0.151. The standard InChI is InChI=1S/C14H23N3O2S2/c1-5-19-12(18)14(15-9(2)3)7-6-11(8-14)21-13-17-16-10(4)20-13/h9,11,15H,5-8H2,1-4H3. The van der Waals surface area contributed by atoms with Gasteiger partial charge in [-0.05, 0) is 47.0 Å². The van der Waals surface area contributed by atoms with Crippen LogP contribution in [0.2, 0.25) is 0 Å². The van der Waals surface area contributed by atoms with Crippen LogP contribution in [-0.2, 0) is 9.53 Å². The number of hydrogen-bond donors (Lipinski definition) is 1. The van der Waals surface area contributed by atoms with E-state index in [2.05, 4.69) is 29.4 Å². The topological polar surface area (TPSA) is 64.1 Å². The van der Waals surface area contributed by atoms with E-state index in [1.807, 2.05) is 13.8 Å². The van der Waals surface area contributed by atoms with Gasteiger partial charge in [0.05, 0.1) is 6.61 Å². The molecule has 0 bridgehead atoms. The molecule has 2 atom stereocenters. The summed E-state index contributed by atoms with van der Waals surface area (Å²) in [5, 5.41) is 13.0. The van der Waals surface area contributed by atoms with Crippen LogP contribution < -0.4 is 5.32 Å². The van der Waals surface area contributed by atoms with Gasteiger partial charge in [-0.3, -0.25) is 10.1 Å². The molecule has 1 fully saturated rings. The van der Waals surface area contributed by atoms with Gasteiger partial charge in [0.15, 0.2) is 4.34 Å². The van der Waals surface area contributed by atoms with Crippen molar-refractivity contribution >= 4 is 29.1 Å². The van der Waals surface area contributed by atoms with Crippen molar-refractivity contribution in [3.05, 3.63) is 5.01 Å². The van der Waals surface area contributed by atoms with Gasteiger partial charge in [-0.25, -0.2) is 0 Å². The Morgan fingerprint density at radius 2 is 2.33 bits per heavy atom. The summed E-state index contributed by atoms with van der Waals surface area (Å²) in [7, 11) is 0. The third kappa shape index (κ3) is 4.17. The van der Waals surface area contributed by atoms with Crippen molar-refractivity contribution in [2.24, 2.45) is 0 Å². The molecule has 0 amide bonds. The molecule has 0 aliphatic heterocycles. The van der Waals surface area contributed by atoms with Crippen LogP contribution in [0.1, 0.15) is 45.0 Å². The van der Waals surface area contributed by atoms with Crippen LogP contribution in [0.25, 0.3) is 0 Å². The first kappa shape index (κ1) is 16.7. The third-order valence-corrected chi connectivity index (χ3v) is 5.67. The number of rotatable bonds is 6. The third-order valence-electron chi connectivity index (χ3n) is 3.48. The second kappa shape index (κ2) is 7.07. The van der Waals surface area contributed by atoms with E-state index in [-0.39, 0.29) is 12.0 Å². The normalized spacial score (nSPS) is 25.5. The van der Waals surface area contributed by atoms with Crippen molar-refractivity contribution < 1.29 is 9.53 Å². The number of nitrogens with one attached hydrogen (secondary N) is 1. The van der Waals surface area contributed by atoms with E-state index in [1.54, 1.807) is 23.1 Å². The van der Waals surface area contributed by atoms with Crippen LogP contribution in [-0.4, -0.2) is 39.6 Å². The summed E-state index contributed by atoms with van der Waals surface area (Å²) >= 11 is 3.35. The van der Waals surface area contributed by atoms with Gasteiger partial charge in [0.2, 0.25) is 0 Å². The summed E-state index contributed by atoms with van der Waals surface area (Å²) in [4.78, 5) is 12.4. The Bertz CT molecular complexity index is 492. The average Bonchev–Trinajstić information content (AvgIpc) is 2.97. The number of carbonyl (C=O) groups excluding carboxylic acids is 1. The van der Waals surface area contributed by atoms with Crippen LogP contribution in [0, 0.1) is 6.92 Å². The number of esters is 1. The predicted octanol–water partition coefficient (Wildman–Crippen LogP) is 2.79. The van der Waals surface area contributed by atoms with E-state index in [0.29, 0.717) is 11.9 Å². The van der Waals surface area contributed by atoms with Crippen molar-refractivity contribution in [2.75, 3.05) is 6.61 Å². The SMILES string of the molecule is CCOC(=O)C1(NC(C)C)CCC(Sc2nnc(C)s2)C1. The molecule has 1 saturated carbocycles. The molecule has 1 aliphatic rings. The molecule has 1 aliphatic carbocycles. The van der Waals surface area contributed by atoms with Gasteiger partial charge in [-0.15, -0.1) is 10.2 Å². The minimum Gasteiger partial charge on any atom is -0.465 e. The lowest BCUT2D eigenvalue weighted by Crippen LogP contribution is -2.54. The Morgan fingerprint density at radius 3 is 2.90 bits per heavy atom. The predicted molar refractivity (Wildman–Crippen MR) is 85.8 cm³/mol. The zero-order valence-electron chi connectivity index (χ0n) is 13.0. The van der Waals surface area contributed by atoms with Crippen molar-refractivity contribution in [3.8, 4) is 0 Å². The fourth-order valence-corrected chi connectivity index (χ4v) is 5.12. The molecule has 2 unspecified atom stereocenters. The Morgan fingerprint density at radius 1 is 1.57 bits per heavy atom. The number of aryl methyl sites for hydroxylation is 1. The minimum absolute atomic E-state index is 0.116. The van der Waals surface area contributed by atoms with E-state index in [0.717, 1.165) is 28.6 Å². The molecule has 0 aromatic carbocycles. The molecule has 21 heavy (non-hydrogen) atoms. The maximum atomic E-state index is 12.4. The Balaban J connectivity index is 2.05. The minimum atomic E-state index is -0.540. The molecule has 0 radical (unpaired) electrons. The average molecular weight is 329 g/mol. The highest BCUT2D eigenvalue weighted by Gasteiger charge is 2.47. The number of nitrogens with zero attached hydrogens (tertiary/aromatic N) is 2. The summed E-state index contributed by atoms with van der Waals surface area (Å²) in [6, 6.07) is 0.252. The van der Waals surface area contributed by atoms with Gasteiger partial charge in [0, 0.05) is 11.3 Å². The summed E-state index contributed by atoms with van der Waals surface area (Å²) in [5.74, 6) is -0.116. The first-order valence-corrected chi connectivity index (χ1v) is 9.06. The van der Waals surface area contributed by atoms with E-state index in [1.165, 1.54) is 0 Å². The zero-order chi connectivity index (χ0) is 15.5. The van der Waals surface area contributed by atoms with E-state index in [4.69, 9.17) is 4.74 Å². The number of aromatic nitrogens is 2. The highest BCUT2D eigenvalue weighted by Crippen LogP contribution is 2.41. The van der Waals surface area contributed by atoms with Crippen LogP contribution in [0.15, 0.2) is 4.34 Å². The lowest BCUT2D eigenvalue weighted by atomic mass is 9.96. The molecule has 7 heteroatoms. The van der Waals surface area contributed by atoms with E-state index in [9.17, 15) is 4.79 Å². The largest absolute Gasteiger partial charge is 0.465 e. The number of thioether (sulfide) groups is 1. The molecular formula is C14H23N3O2S2. The van der Waals surface area contributed by atoms with E-state index < -0.39 is 5.54 Å². The Hall–Kier alpha value is -0.660. The molecule has 0 spiro atoms. The fourth-order valence-electron chi connectivity index (χ4n) is 2.77. The first-order chi connectivity index (χ1) is 9.95. The first-order valence-electron chi connectivity index (χ1n) is 7.37. The zero-order valence-corrected chi connectivity index (χ0v) is 14.6. The van der Waals surface area contributed by atoms with Gasteiger partial charge in [0.1, 0.15) is 10.5 Å². The molecule has 118 valence electrons. The van der Waals surface area contributed by atoms with Crippen LogP contribution in [0.3, 0.4) is 0 Å². The monoisotopic (exact) mass is 329 g/mol. The molecule has 2 rings (SSSR count). The summed E-state index contributed by atoms with van der Waals surface area (Å²) in [5.41, 5.74) is -0.540. The summed E-state index contributed by atoms with van der Waals surface area (Å²) < 4.78 is 6.28. The summed E-state index contributed by atoms with van der Waals surface area (Å²) in [6.45, 7) is 8.37. The lowest BCUT2D eigenvalue weighted by Gasteiger charge is -2.30. The van der Waals surface area contributed by atoms with Crippen molar-refractivity contribution in [1.29, 1.82) is 0 Å². The van der Waals surface area contributed by atoms with Crippen LogP contribution in [0.5, 0.6) is 0 Å². The molecule has 5 nitrogen and oxygen atoms in total. The molecule has 0 saturated heterocycles. The molecular weight excluding hydrogens is 306 g/mol. The number of hydrogen-bond acceptors (Lipinski definition) is 7. The van der Waals surface area contributed by atoms with Gasteiger partial charge < -0.3 is 4.74 Å². The quantitative estimate of drug-likeness (QED) is 0.810. The highest BCUT2D eigenvalue weighted by atomic mass is 32.2. The fraction of sp³-hybridized carbons (Fsp3) is 0.786.